The molecule has 1 aromatic carbocycles. The lowest BCUT2D eigenvalue weighted by atomic mass is 10.2. The van der Waals surface area contributed by atoms with Crippen molar-refractivity contribution in [3.63, 3.8) is 0 Å². The summed E-state index contributed by atoms with van der Waals surface area (Å²) in [5.41, 5.74) is -0.941. The van der Waals surface area contributed by atoms with Gasteiger partial charge in [0.1, 0.15) is 23.3 Å². The van der Waals surface area contributed by atoms with Gasteiger partial charge < -0.3 is 0 Å². The van der Waals surface area contributed by atoms with Gasteiger partial charge in [-0.05, 0) is 25.1 Å². The van der Waals surface area contributed by atoms with Gasteiger partial charge in [-0.1, -0.05) is 6.07 Å². The normalized spacial score (nSPS) is 12.9. The van der Waals surface area contributed by atoms with Crippen molar-refractivity contribution in [3.05, 3.63) is 54.4 Å². The first kappa shape index (κ1) is 21.0. The molecule has 0 fully saturated rings. The Morgan fingerprint density at radius 3 is 2.70 bits per heavy atom. The highest BCUT2D eigenvalue weighted by Gasteiger charge is 2.31. The quantitative estimate of drug-likeness (QED) is 0.635. The number of nitrogens with one attached hydrogen (secondary N) is 1. The van der Waals surface area contributed by atoms with Crippen molar-refractivity contribution in [1.29, 1.82) is 5.26 Å². The Hall–Kier alpha value is -3.73. The Kier molecular flexibility index (Phi) is 5.31. The lowest BCUT2D eigenvalue weighted by molar-refractivity contribution is -0.137. The summed E-state index contributed by atoms with van der Waals surface area (Å²) in [5, 5.41) is 16.2. The second-order valence-electron chi connectivity index (χ2n) is 5.97. The van der Waals surface area contributed by atoms with Gasteiger partial charge in [0, 0.05) is 0 Å². The van der Waals surface area contributed by atoms with E-state index in [0.717, 1.165) is 46.3 Å². The third-order valence-corrected chi connectivity index (χ3v) is 5.23. The van der Waals surface area contributed by atoms with Gasteiger partial charge in [-0.25, -0.2) is 27.5 Å². The number of carbonyl (C=O) groups is 1. The molecule has 2 heterocycles. The molecule has 0 bridgehead atoms. The van der Waals surface area contributed by atoms with Crippen LogP contribution < -0.4 is 4.72 Å². The zero-order chi connectivity index (χ0) is 22.1. The highest BCUT2D eigenvalue weighted by molar-refractivity contribution is 7.90. The van der Waals surface area contributed by atoms with Crippen LogP contribution in [0.1, 0.15) is 24.4 Å². The molecule has 3 rings (SSSR count). The number of hydrogen-bond donors (Lipinski definition) is 1. The first-order valence-electron chi connectivity index (χ1n) is 8.11. The molecule has 3 aromatic rings. The van der Waals surface area contributed by atoms with E-state index < -0.39 is 38.6 Å². The van der Waals surface area contributed by atoms with Crippen LogP contribution in [0.2, 0.25) is 0 Å². The summed E-state index contributed by atoms with van der Waals surface area (Å²) in [6, 6.07) is 4.72. The van der Waals surface area contributed by atoms with Crippen LogP contribution in [-0.2, 0) is 21.0 Å². The lowest BCUT2D eigenvalue weighted by Gasteiger charge is -2.11. The predicted molar refractivity (Wildman–Crippen MR) is 93.3 cm³/mol. The maximum atomic E-state index is 12.9. The minimum atomic E-state index is -4.57. The Bertz CT molecular complexity index is 1240. The minimum absolute atomic E-state index is 0.0161. The molecule has 0 saturated carbocycles. The summed E-state index contributed by atoms with van der Waals surface area (Å²) in [6.07, 6.45) is -1.61. The molecular formula is C16H12F3N7O3S. The zero-order valence-corrected chi connectivity index (χ0v) is 15.9. The summed E-state index contributed by atoms with van der Waals surface area (Å²) in [7, 11) is -4.37. The fourth-order valence-electron chi connectivity index (χ4n) is 2.32. The van der Waals surface area contributed by atoms with Gasteiger partial charge in [-0.2, -0.15) is 23.5 Å². The predicted octanol–water partition coefficient (Wildman–Crippen LogP) is 1.42. The summed E-state index contributed by atoms with van der Waals surface area (Å²) in [5.74, 6) is -1.16. The van der Waals surface area contributed by atoms with E-state index in [9.17, 15) is 26.4 Å². The van der Waals surface area contributed by atoms with E-state index in [1.807, 2.05) is 4.72 Å². The van der Waals surface area contributed by atoms with E-state index in [4.69, 9.17) is 5.26 Å². The molecule has 0 spiro atoms. The molecule has 0 radical (unpaired) electrons. The number of benzene rings is 1. The van der Waals surface area contributed by atoms with Gasteiger partial charge in [-0.15, -0.1) is 5.10 Å². The third kappa shape index (κ3) is 4.30. The van der Waals surface area contributed by atoms with Gasteiger partial charge in [0.15, 0.2) is 0 Å². The van der Waals surface area contributed by atoms with Crippen LogP contribution in [0.25, 0.3) is 5.69 Å². The molecule has 0 aliphatic carbocycles. The van der Waals surface area contributed by atoms with Crippen molar-refractivity contribution in [2.24, 2.45) is 0 Å². The molecule has 10 nitrogen and oxygen atoms in total. The maximum Gasteiger partial charge on any atom is 0.416 e. The molecule has 0 saturated heterocycles. The number of sulfonamides is 1. The average Bonchev–Trinajstić information content (AvgIpc) is 3.36. The first-order valence-corrected chi connectivity index (χ1v) is 9.60. The summed E-state index contributed by atoms with van der Waals surface area (Å²) in [6.45, 7) is 1.34. The molecule has 30 heavy (non-hydrogen) atoms. The standard InChI is InChI=1S/C16H12F3N7O3S/c1-10(26-9-21-14(6-20)23-26)15(27)24-30(28,29)13-7-22-25(8-13)12-4-2-3-11(5-12)16(17,18)19/h2-5,7-10H,1H3,(H,24,27). The number of amides is 1. The van der Waals surface area contributed by atoms with Crippen LogP contribution in [0, 0.1) is 11.3 Å². The molecule has 2 aromatic heterocycles. The Balaban J connectivity index is 1.80. The number of halogens is 3. The number of rotatable bonds is 5. The van der Waals surface area contributed by atoms with Crippen molar-refractivity contribution >= 4 is 15.9 Å². The van der Waals surface area contributed by atoms with Crippen LogP contribution in [0.4, 0.5) is 13.2 Å². The SMILES string of the molecule is CC(C(=O)NS(=O)(=O)c1cnn(-c2cccc(C(F)(F)F)c2)c1)n1cnc(C#N)n1. The van der Waals surface area contributed by atoms with Crippen LogP contribution in [-0.4, -0.2) is 38.9 Å². The van der Waals surface area contributed by atoms with E-state index in [0.29, 0.717) is 0 Å². The Morgan fingerprint density at radius 1 is 1.33 bits per heavy atom. The van der Waals surface area contributed by atoms with Crippen molar-refractivity contribution in [2.45, 2.75) is 24.0 Å². The molecule has 1 unspecified atom stereocenters. The molecule has 0 aliphatic rings. The molecule has 0 aliphatic heterocycles. The second-order valence-corrected chi connectivity index (χ2v) is 7.66. The second kappa shape index (κ2) is 7.59. The number of nitriles is 1. The van der Waals surface area contributed by atoms with E-state index in [-0.39, 0.29) is 11.5 Å². The van der Waals surface area contributed by atoms with Gasteiger partial charge in [-0.3, -0.25) is 4.79 Å². The van der Waals surface area contributed by atoms with E-state index in [1.165, 1.54) is 13.0 Å². The van der Waals surface area contributed by atoms with Crippen LogP contribution >= 0.6 is 0 Å². The zero-order valence-electron chi connectivity index (χ0n) is 15.1. The monoisotopic (exact) mass is 439 g/mol. The van der Waals surface area contributed by atoms with Gasteiger partial charge in [0.2, 0.25) is 0 Å². The Labute approximate surface area is 167 Å². The molecule has 14 heteroatoms. The molecule has 1 N–H and O–H groups in total. The fraction of sp³-hybridized carbons (Fsp3) is 0.188. The highest BCUT2D eigenvalue weighted by Crippen LogP contribution is 2.30. The molecular weight excluding hydrogens is 427 g/mol. The number of nitrogens with zero attached hydrogens (tertiary/aromatic N) is 6. The van der Waals surface area contributed by atoms with E-state index >= 15 is 0 Å². The fourth-order valence-corrected chi connectivity index (χ4v) is 3.30. The highest BCUT2D eigenvalue weighted by atomic mass is 32.2. The van der Waals surface area contributed by atoms with Crippen LogP contribution in [0.15, 0.2) is 47.9 Å². The third-order valence-electron chi connectivity index (χ3n) is 3.93. The van der Waals surface area contributed by atoms with E-state index in [2.05, 4.69) is 15.2 Å². The van der Waals surface area contributed by atoms with Gasteiger partial charge in [0.05, 0.1) is 23.6 Å². The number of alkyl halides is 3. The van der Waals surface area contributed by atoms with Crippen molar-refractivity contribution in [1.82, 2.24) is 29.3 Å². The van der Waals surface area contributed by atoms with Crippen molar-refractivity contribution in [2.75, 3.05) is 0 Å². The number of aromatic nitrogens is 5. The smallest absolute Gasteiger partial charge is 0.272 e. The lowest BCUT2D eigenvalue weighted by Crippen LogP contribution is -2.35. The number of hydrogen-bond acceptors (Lipinski definition) is 7. The summed E-state index contributed by atoms with van der Waals surface area (Å²) in [4.78, 5) is 15.4. The first-order chi connectivity index (χ1) is 14.0. The summed E-state index contributed by atoms with van der Waals surface area (Å²) < 4.78 is 67.2. The van der Waals surface area contributed by atoms with Gasteiger partial charge in [0.25, 0.3) is 21.8 Å². The van der Waals surface area contributed by atoms with Crippen LogP contribution in [0.3, 0.4) is 0 Å². The maximum absolute atomic E-state index is 12.9. The van der Waals surface area contributed by atoms with E-state index in [1.54, 1.807) is 6.07 Å². The Morgan fingerprint density at radius 2 is 2.07 bits per heavy atom. The summed E-state index contributed by atoms with van der Waals surface area (Å²) >= 11 is 0. The van der Waals surface area contributed by atoms with Crippen LogP contribution in [0.5, 0.6) is 0 Å². The van der Waals surface area contributed by atoms with Gasteiger partial charge >= 0.3 is 6.18 Å². The topological polar surface area (TPSA) is 136 Å². The molecule has 1 amide bonds. The molecule has 156 valence electrons. The number of carbonyl (C=O) groups excluding carboxylic acids is 1. The largest absolute Gasteiger partial charge is 0.416 e. The van der Waals surface area contributed by atoms with Crippen molar-refractivity contribution in [3.8, 4) is 11.8 Å². The minimum Gasteiger partial charge on any atom is -0.272 e. The van der Waals surface area contributed by atoms with Crippen molar-refractivity contribution < 1.29 is 26.4 Å². The molecule has 1 atom stereocenters. The average molecular weight is 439 g/mol.